The van der Waals surface area contributed by atoms with Crippen molar-refractivity contribution in [1.82, 2.24) is 4.98 Å². The predicted octanol–water partition coefficient (Wildman–Crippen LogP) is 1.06. The van der Waals surface area contributed by atoms with Gasteiger partial charge in [-0.15, -0.1) is 11.3 Å². The van der Waals surface area contributed by atoms with E-state index in [0.717, 1.165) is 15.2 Å². The normalized spacial score (nSPS) is 12.1. The summed E-state index contributed by atoms with van der Waals surface area (Å²) in [6.45, 7) is 0.0264. The van der Waals surface area contributed by atoms with Crippen molar-refractivity contribution in [3.63, 3.8) is 0 Å². The van der Waals surface area contributed by atoms with Crippen molar-refractivity contribution in [2.24, 2.45) is 5.14 Å². The molecule has 0 atom stereocenters. The number of rotatable bonds is 4. The third-order valence-electron chi connectivity index (χ3n) is 1.90. The SMILES string of the molecule is NS(=O)(=O)OCCc1nc2ccccc2s1. The van der Waals surface area contributed by atoms with Crippen LogP contribution in [0.5, 0.6) is 0 Å². The number of thiazole rings is 1. The molecule has 0 aliphatic carbocycles. The zero-order valence-electron chi connectivity index (χ0n) is 8.29. The van der Waals surface area contributed by atoms with E-state index in [2.05, 4.69) is 9.17 Å². The lowest BCUT2D eigenvalue weighted by Gasteiger charge is -1.97. The van der Waals surface area contributed by atoms with Crippen molar-refractivity contribution in [1.29, 1.82) is 0 Å². The molecule has 2 rings (SSSR count). The molecule has 0 bridgehead atoms. The Labute approximate surface area is 97.1 Å². The van der Waals surface area contributed by atoms with Crippen LogP contribution in [-0.4, -0.2) is 20.0 Å². The lowest BCUT2D eigenvalue weighted by Crippen LogP contribution is -2.17. The summed E-state index contributed by atoms with van der Waals surface area (Å²) in [5.74, 6) is 0. The predicted molar refractivity (Wildman–Crippen MR) is 62.4 cm³/mol. The Bertz CT molecular complexity index is 559. The Morgan fingerprint density at radius 3 is 2.81 bits per heavy atom. The minimum absolute atomic E-state index is 0.0264. The highest BCUT2D eigenvalue weighted by Gasteiger charge is 2.06. The van der Waals surface area contributed by atoms with Crippen LogP contribution >= 0.6 is 11.3 Å². The Hall–Kier alpha value is -1.02. The summed E-state index contributed by atoms with van der Waals surface area (Å²) < 4.78 is 26.6. The molecule has 1 heterocycles. The van der Waals surface area contributed by atoms with Gasteiger partial charge in [-0.05, 0) is 12.1 Å². The third kappa shape index (κ3) is 2.99. The summed E-state index contributed by atoms with van der Waals surface area (Å²) in [6, 6.07) is 7.73. The molecular formula is C9H10N2O3S2. The maximum Gasteiger partial charge on any atom is 0.333 e. The van der Waals surface area contributed by atoms with Gasteiger partial charge in [-0.3, -0.25) is 4.18 Å². The van der Waals surface area contributed by atoms with Crippen LogP contribution < -0.4 is 5.14 Å². The van der Waals surface area contributed by atoms with E-state index < -0.39 is 10.3 Å². The summed E-state index contributed by atoms with van der Waals surface area (Å²) in [7, 11) is -3.85. The van der Waals surface area contributed by atoms with Crippen LogP contribution in [0.4, 0.5) is 0 Å². The second-order valence-corrected chi connectivity index (χ2v) is 5.48. The molecule has 1 aromatic heterocycles. The standard InChI is InChI=1S/C9H10N2O3S2/c10-16(12,13)14-6-5-9-11-7-3-1-2-4-8(7)15-9/h1-4H,5-6H2,(H2,10,12,13). The molecule has 0 amide bonds. The van der Waals surface area contributed by atoms with Gasteiger partial charge in [0.1, 0.15) is 0 Å². The minimum Gasteiger partial charge on any atom is -0.258 e. The van der Waals surface area contributed by atoms with E-state index in [1.165, 1.54) is 11.3 Å². The van der Waals surface area contributed by atoms with Crippen molar-refractivity contribution >= 4 is 31.9 Å². The molecule has 0 radical (unpaired) electrons. The monoisotopic (exact) mass is 258 g/mol. The first kappa shape index (κ1) is 11.5. The molecule has 16 heavy (non-hydrogen) atoms. The average molecular weight is 258 g/mol. The lowest BCUT2D eigenvalue weighted by atomic mass is 10.3. The highest BCUT2D eigenvalue weighted by molar-refractivity contribution is 7.84. The molecule has 0 unspecified atom stereocenters. The third-order valence-corrected chi connectivity index (χ3v) is 3.49. The van der Waals surface area contributed by atoms with Crippen LogP contribution in [0.15, 0.2) is 24.3 Å². The molecule has 2 N–H and O–H groups in total. The van der Waals surface area contributed by atoms with E-state index in [4.69, 9.17) is 5.14 Å². The molecule has 0 spiro atoms. The maximum atomic E-state index is 10.5. The molecule has 5 nitrogen and oxygen atoms in total. The van der Waals surface area contributed by atoms with E-state index in [1.807, 2.05) is 24.3 Å². The van der Waals surface area contributed by atoms with Crippen LogP contribution in [-0.2, 0) is 20.9 Å². The first-order valence-corrected chi connectivity index (χ1v) is 6.85. The molecule has 0 aliphatic rings. The minimum atomic E-state index is -3.85. The van der Waals surface area contributed by atoms with Gasteiger partial charge in [-0.2, -0.15) is 8.42 Å². The Morgan fingerprint density at radius 2 is 2.12 bits per heavy atom. The number of nitrogens with zero attached hydrogens (tertiary/aromatic N) is 1. The summed E-state index contributed by atoms with van der Waals surface area (Å²) in [5.41, 5.74) is 0.915. The van der Waals surface area contributed by atoms with Crippen LogP contribution in [0, 0.1) is 0 Å². The quantitative estimate of drug-likeness (QED) is 0.889. The van der Waals surface area contributed by atoms with E-state index in [9.17, 15) is 8.42 Å². The van der Waals surface area contributed by atoms with E-state index in [-0.39, 0.29) is 6.61 Å². The zero-order chi connectivity index (χ0) is 11.6. The van der Waals surface area contributed by atoms with Crippen molar-refractivity contribution in [2.45, 2.75) is 6.42 Å². The number of nitrogens with two attached hydrogens (primary N) is 1. The molecular weight excluding hydrogens is 248 g/mol. The van der Waals surface area contributed by atoms with Crippen LogP contribution in [0.25, 0.3) is 10.2 Å². The lowest BCUT2D eigenvalue weighted by molar-refractivity contribution is 0.322. The van der Waals surface area contributed by atoms with Gasteiger partial charge >= 0.3 is 10.3 Å². The van der Waals surface area contributed by atoms with E-state index in [1.54, 1.807) is 0 Å². The molecule has 86 valence electrons. The fraction of sp³-hybridized carbons (Fsp3) is 0.222. The van der Waals surface area contributed by atoms with Gasteiger partial charge in [0, 0.05) is 6.42 Å². The van der Waals surface area contributed by atoms with Crippen molar-refractivity contribution in [3.05, 3.63) is 29.3 Å². The summed E-state index contributed by atoms with van der Waals surface area (Å²) in [4.78, 5) is 4.34. The fourth-order valence-electron chi connectivity index (χ4n) is 1.27. The second-order valence-electron chi connectivity index (χ2n) is 3.14. The van der Waals surface area contributed by atoms with E-state index in [0.29, 0.717) is 6.42 Å². The highest BCUT2D eigenvalue weighted by Crippen LogP contribution is 2.21. The number of benzene rings is 1. The van der Waals surface area contributed by atoms with Gasteiger partial charge in [0.05, 0.1) is 21.8 Å². The number of para-hydroxylation sites is 1. The number of fused-ring (bicyclic) bond motifs is 1. The van der Waals surface area contributed by atoms with Crippen molar-refractivity contribution < 1.29 is 12.6 Å². The highest BCUT2D eigenvalue weighted by atomic mass is 32.2. The summed E-state index contributed by atoms with van der Waals surface area (Å²) in [5, 5.41) is 5.55. The largest absolute Gasteiger partial charge is 0.333 e. The number of hydrogen-bond acceptors (Lipinski definition) is 5. The first-order chi connectivity index (χ1) is 7.54. The van der Waals surface area contributed by atoms with Crippen LogP contribution in [0.3, 0.4) is 0 Å². The Kier molecular flexibility index (Phi) is 3.20. The van der Waals surface area contributed by atoms with Gasteiger partial charge in [-0.1, -0.05) is 12.1 Å². The Morgan fingerprint density at radius 1 is 1.38 bits per heavy atom. The molecule has 0 saturated carbocycles. The molecule has 1 aromatic carbocycles. The molecule has 2 aromatic rings. The van der Waals surface area contributed by atoms with Crippen molar-refractivity contribution in [2.75, 3.05) is 6.61 Å². The average Bonchev–Trinajstić information content (AvgIpc) is 2.57. The van der Waals surface area contributed by atoms with Gasteiger partial charge in [0.15, 0.2) is 0 Å². The van der Waals surface area contributed by atoms with Gasteiger partial charge in [-0.25, -0.2) is 10.1 Å². The Balaban J connectivity index is 2.05. The van der Waals surface area contributed by atoms with Gasteiger partial charge in [0.2, 0.25) is 0 Å². The summed E-state index contributed by atoms with van der Waals surface area (Å²) >= 11 is 1.52. The van der Waals surface area contributed by atoms with E-state index >= 15 is 0 Å². The van der Waals surface area contributed by atoms with Gasteiger partial charge < -0.3 is 0 Å². The topological polar surface area (TPSA) is 82.3 Å². The molecule has 0 fully saturated rings. The number of aromatic nitrogens is 1. The first-order valence-electron chi connectivity index (χ1n) is 4.56. The number of hydrogen-bond donors (Lipinski definition) is 1. The maximum absolute atomic E-state index is 10.5. The van der Waals surface area contributed by atoms with Crippen LogP contribution in [0.1, 0.15) is 5.01 Å². The fourth-order valence-corrected chi connectivity index (χ4v) is 2.54. The smallest absolute Gasteiger partial charge is 0.258 e. The summed E-state index contributed by atoms with van der Waals surface area (Å²) in [6.07, 6.45) is 0.440. The van der Waals surface area contributed by atoms with Crippen LogP contribution in [0.2, 0.25) is 0 Å². The zero-order valence-corrected chi connectivity index (χ0v) is 9.92. The molecule has 7 heteroatoms. The van der Waals surface area contributed by atoms with Crippen molar-refractivity contribution in [3.8, 4) is 0 Å². The molecule has 0 aliphatic heterocycles. The molecule has 0 saturated heterocycles. The van der Waals surface area contributed by atoms with Gasteiger partial charge in [0.25, 0.3) is 0 Å². The second kappa shape index (κ2) is 4.46.